The van der Waals surface area contributed by atoms with Crippen molar-refractivity contribution in [1.82, 2.24) is 4.57 Å². The second kappa shape index (κ2) is 16.4. The molecule has 9 heteroatoms. The third-order valence-corrected chi connectivity index (χ3v) is 13.3. The van der Waals surface area contributed by atoms with E-state index >= 15 is 0 Å². The quantitative estimate of drug-likeness (QED) is 0.184. The number of rotatable bonds is 7. The second-order valence-electron chi connectivity index (χ2n) is 10.2. The molecule has 33 heavy (non-hydrogen) atoms. The predicted molar refractivity (Wildman–Crippen MR) is 133 cm³/mol. The van der Waals surface area contributed by atoms with Crippen LogP contribution < -0.4 is 4.57 Å². The fourth-order valence-electron chi connectivity index (χ4n) is 2.96. The fraction of sp³-hybridized carbons (Fsp3) is 0.542. The third-order valence-electron chi connectivity index (χ3n) is 6.05. The van der Waals surface area contributed by atoms with Crippen LogP contribution in [0.2, 0.25) is 43.8 Å². The summed E-state index contributed by atoms with van der Waals surface area (Å²) < 4.78 is 33.3. The molecule has 0 saturated heterocycles. The molecule has 0 spiro atoms. The summed E-state index contributed by atoms with van der Waals surface area (Å²) in [7, 11) is -0.372. The number of aromatic nitrogens is 1. The van der Waals surface area contributed by atoms with E-state index in [0.717, 1.165) is 6.61 Å². The molecule has 0 aliphatic carbocycles. The van der Waals surface area contributed by atoms with Gasteiger partial charge in [-0.1, -0.05) is 59.6 Å². The fourth-order valence-corrected chi connectivity index (χ4v) is 5.52. The summed E-state index contributed by atoms with van der Waals surface area (Å²) in [4.78, 5) is 0. The van der Waals surface area contributed by atoms with Gasteiger partial charge >= 0.3 is 33.9 Å². The van der Waals surface area contributed by atoms with Gasteiger partial charge in [-0.2, -0.15) is 0 Å². The Morgan fingerprint density at radius 2 is 1.45 bits per heavy atom. The second-order valence-corrected chi connectivity index (χ2v) is 21.1. The average molecular weight is 527 g/mol. The standard InChI is InChI=1S/C21H38N2OSi2.3CO.Cr/c1-21(2,3)26(8,9)22(4)19-11-10-12-20-18(19)13-14-23(20)17-24-15-16-25(5,6)7;3*1-2;/h10-14H,15-17H2,1-9H3;;;;. The first-order chi connectivity index (χ1) is 14.8. The van der Waals surface area contributed by atoms with Crippen molar-refractivity contribution < 1.29 is 36.1 Å². The third kappa shape index (κ3) is 10.7. The average Bonchev–Trinajstić information content (AvgIpc) is 3.17. The molecule has 0 fully saturated rings. The van der Waals surface area contributed by atoms with Crippen LogP contribution >= 0.6 is 0 Å². The normalized spacial score (nSPS) is 10.8. The first kappa shape index (κ1) is 36.3. The number of fused-ring (bicyclic) bond motifs is 1. The topological polar surface area (TPSA) is 77.1 Å². The van der Waals surface area contributed by atoms with Gasteiger partial charge in [0.05, 0.1) is 5.52 Å². The molecule has 0 aliphatic rings. The Morgan fingerprint density at radius 1 is 0.939 bits per heavy atom. The van der Waals surface area contributed by atoms with Gasteiger partial charge in [0.2, 0.25) is 0 Å². The maximum Gasteiger partial charge on any atom is 0 e. The molecule has 1 aromatic heterocycles. The van der Waals surface area contributed by atoms with Gasteiger partial charge in [-0.05, 0) is 36.3 Å². The molecule has 182 valence electrons. The summed E-state index contributed by atoms with van der Waals surface area (Å²) in [5.74, 6) is 0. The number of nitrogens with zero attached hydrogens (tertiary/aromatic N) is 2. The van der Waals surface area contributed by atoms with Crippen molar-refractivity contribution in [1.29, 1.82) is 0 Å². The van der Waals surface area contributed by atoms with Gasteiger partial charge in [0.25, 0.3) is 0 Å². The van der Waals surface area contributed by atoms with Gasteiger partial charge in [0, 0.05) is 49.3 Å². The van der Waals surface area contributed by atoms with Crippen molar-refractivity contribution in [3.63, 3.8) is 0 Å². The van der Waals surface area contributed by atoms with Crippen LogP contribution in [-0.2, 0) is 42.8 Å². The minimum absolute atomic E-state index is 0. The van der Waals surface area contributed by atoms with Gasteiger partial charge in [-0.3, -0.25) is 0 Å². The first-order valence-corrected chi connectivity index (χ1v) is 17.0. The minimum Gasteiger partial charge on any atom is 0 e. The zero-order valence-corrected chi connectivity index (χ0v) is 24.7. The van der Waals surface area contributed by atoms with Crippen LogP contribution in [0.4, 0.5) is 5.69 Å². The van der Waals surface area contributed by atoms with Crippen LogP contribution in [-0.4, -0.2) is 34.5 Å². The molecule has 0 unspecified atom stereocenters. The van der Waals surface area contributed by atoms with E-state index in [2.05, 4.69) is 120 Å². The van der Waals surface area contributed by atoms with E-state index in [1.165, 1.54) is 22.6 Å². The van der Waals surface area contributed by atoms with E-state index in [4.69, 9.17) is 18.7 Å². The van der Waals surface area contributed by atoms with Crippen LogP contribution in [0.5, 0.6) is 0 Å². The molecule has 0 bridgehead atoms. The zero-order valence-electron chi connectivity index (χ0n) is 21.4. The van der Waals surface area contributed by atoms with Gasteiger partial charge in [0.1, 0.15) is 6.73 Å². The Kier molecular flexibility index (Phi) is 18.0. The molecular weight excluding hydrogens is 488 g/mol. The van der Waals surface area contributed by atoms with Crippen molar-refractivity contribution in [2.75, 3.05) is 18.2 Å². The van der Waals surface area contributed by atoms with Gasteiger partial charge in [-0.25, -0.2) is 0 Å². The molecule has 2 aromatic rings. The summed E-state index contributed by atoms with van der Waals surface area (Å²) in [6, 6.07) is 10.1. The largest absolute Gasteiger partial charge is 0 e. The number of anilines is 1. The zero-order chi connectivity index (χ0) is 25.8. The summed E-state index contributed by atoms with van der Waals surface area (Å²) in [6.07, 6.45) is 2.17. The monoisotopic (exact) mass is 526 g/mol. The Labute approximate surface area is 213 Å². The molecule has 0 aliphatic heterocycles. The molecular formula is C24H38CrN2O4Si2. The SMILES string of the molecule is CN(c1cccc2c1ccn2COCC[Si](C)(C)C)[Si](C)(C)C(C)(C)C.[C-]#[O+].[C-]#[O+].[C-]#[O+].[Cr]. The molecule has 1 aromatic carbocycles. The molecule has 0 radical (unpaired) electrons. The van der Waals surface area contributed by atoms with Gasteiger partial charge < -0.3 is 13.9 Å². The number of hydrogen-bond acceptors (Lipinski definition) is 2. The Balaban J connectivity index is -0.00000119. The Bertz CT molecular complexity index is 864. The molecule has 2 rings (SSSR count). The van der Waals surface area contributed by atoms with E-state index in [1.807, 2.05) is 0 Å². The Morgan fingerprint density at radius 3 is 1.91 bits per heavy atom. The van der Waals surface area contributed by atoms with E-state index in [-0.39, 0.29) is 17.4 Å². The smallest absolute Gasteiger partial charge is 0 e. The van der Waals surface area contributed by atoms with E-state index < -0.39 is 16.3 Å². The van der Waals surface area contributed by atoms with Crippen LogP contribution in [0.25, 0.3) is 10.9 Å². The number of benzene rings is 1. The van der Waals surface area contributed by atoms with Crippen LogP contribution in [0.3, 0.4) is 0 Å². The van der Waals surface area contributed by atoms with E-state index in [0.29, 0.717) is 11.8 Å². The van der Waals surface area contributed by atoms with Crippen LogP contribution in [0.1, 0.15) is 20.8 Å². The maximum absolute atomic E-state index is 7.50. The Hall–Kier alpha value is -1.29. The molecule has 0 amide bonds. The minimum atomic E-state index is -1.61. The van der Waals surface area contributed by atoms with Crippen molar-refractivity contribution in [3.8, 4) is 0 Å². The maximum atomic E-state index is 7.50. The summed E-state index contributed by atoms with van der Waals surface area (Å²) >= 11 is 0. The first-order valence-electron chi connectivity index (χ1n) is 10.4. The number of hydrogen-bond donors (Lipinski definition) is 0. The molecule has 0 N–H and O–H groups in total. The van der Waals surface area contributed by atoms with Crippen molar-refractivity contribution in [3.05, 3.63) is 50.4 Å². The van der Waals surface area contributed by atoms with Crippen molar-refractivity contribution in [2.45, 2.75) is 71.3 Å². The van der Waals surface area contributed by atoms with Crippen molar-refractivity contribution >= 4 is 32.9 Å². The molecule has 0 saturated carbocycles. The van der Waals surface area contributed by atoms with E-state index in [9.17, 15) is 0 Å². The summed E-state index contributed by atoms with van der Waals surface area (Å²) in [5, 5.41) is 1.64. The van der Waals surface area contributed by atoms with Crippen LogP contribution in [0, 0.1) is 20.0 Å². The van der Waals surface area contributed by atoms with Crippen molar-refractivity contribution in [2.24, 2.45) is 0 Å². The molecule has 6 nitrogen and oxygen atoms in total. The van der Waals surface area contributed by atoms with Crippen LogP contribution in [0.15, 0.2) is 30.5 Å². The van der Waals surface area contributed by atoms with E-state index in [1.54, 1.807) is 0 Å². The summed E-state index contributed by atoms with van der Waals surface area (Å²) in [6.45, 7) is 34.2. The van der Waals surface area contributed by atoms with Gasteiger partial charge in [0.15, 0.2) is 8.24 Å². The molecule has 0 atom stereocenters. The predicted octanol–water partition coefficient (Wildman–Crippen LogP) is 6.28. The number of ether oxygens (including phenoxy) is 1. The summed E-state index contributed by atoms with van der Waals surface area (Å²) in [5.41, 5.74) is 2.61. The molecule has 1 heterocycles. The van der Waals surface area contributed by atoms with Gasteiger partial charge in [-0.15, -0.1) is 0 Å².